The third-order valence-corrected chi connectivity index (χ3v) is 5.33. The molecule has 0 saturated heterocycles. The minimum atomic E-state index is -0.392. The molecular formula is C20H20N8O2S. The number of amides is 3. The fraction of sp³-hybridized carbons (Fsp3) is 0.150. The van der Waals surface area contributed by atoms with E-state index in [0.29, 0.717) is 34.0 Å². The Morgan fingerprint density at radius 1 is 1.19 bits per heavy atom. The zero-order valence-electron chi connectivity index (χ0n) is 16.8. The second-order valence-corrected chi connectivity index (χ2v) is 7.52. The Hall–Kier alpha value is -3.99. The maximum atomic E-state index is 12.6. The number of hydrogen-bond acceptors (Lipinski definition) is 7. The normalized spacial score (nSPS) is 10.8. The Morgan fingerprint density at radius 2 is 1.97 bits per heavy atom. The minimum absolute atomic E-state index is 0.234. The second kappa shape index (κ2) is 8.40. The molecule has 0 atom stereocenters. The number of carbonyl (C=O) groups is 2. The molecule has 0 radical (unpaired) electrons. The molecule has 4 rings (SSSR count). The Morgan fingerprint density at radius 3 is 2.65 bits per heavy atom. The topological polar surface area (TPSA) is 139 Å². The van der Waals surface area contributed by atoms with E-state index in [1.54, 1.807) is 30.5 Å². The van der Waals surface area contributed by atoms with E-state index in [-0.39, 0.29) is 11.7 Å². The van der Waals surface area contributed by atoms with E-state index < -0.39 is 6.03 Å². The van der Waals surface area contributed by atoms with Crippen LogP contribution in [-0.4, -0.2) is 38.1 Å². The lowest BCUT2D eigenvalue weighted by Crippen LogP contribution is -2.22. The minimum Gasteiger partial charge on any atom is -0.382 e. The van der Waals surface area contributed by atoms with Crippen molar-refractivity contribution in [3.8, 4) is 11.1 Å². The van der Waals surface area contributed by atoms with Gasteiger partial charge in [-0.1, -0.05) is 12.1 Å². The number of rotatable bonds is 5. The van der Waals surface area contributed by atoms with Crippen molar-refractivity contribution >= 4 is 45.4 Å². The molecule has 5 N–H and O–H groups in total. The number of fused-ring (bicyclic) bond motifs is 1. The highest BCUT2D eigenvalue weighted by Gasteiger charge is 2.21. The summed E-state index contributed by atoms with van der Waals surface area (Å²) in [6.07, 6.45) is 2.96. The van der Waals surface area contributed by atoms with Crippen LogP contribution in [0.4, 0.5) is 21.4 Å². The molecular weight excluding hydrogens is 416 g/mol. The molecule has 0 aliphatic carbocycles. The molecule has 4 aromatic rings. The van der Waals surface area contributed by atoms with Crippen molar-refractivity contribution in [3.63, 3.8) is 0 Å². The standard InChI is InChI=1S/C20H20N8O2S/c1-3-22-18(29)14-8-28-16(17(21)23-10-24-28)15(14)12-4-6-13(7-5-12)26-19(30)27-20-25-11(2)9-31-20/h4-10H,3H2,1-2H3,(H,22,29)(H2,21,23,24)(H2,25,26,27,30). The van der Waals surface area contributed by atoms with Crippen LogP contribution in [0, 0.1) is 6.92 Å². The summed E-state index contributed by atoms with van der Waals surface area (Å²) < 4.78 is 1.54. The van der Waals surface area contributed by atoms with Crippen molar-refractivity contribution in [2.45, 2.75) is 13.8 Å². The third-order valence-electron chi connectivity index (χ3n) is 4.45. The van der Waals surface area contributed by atoms with Crippen molar-refractivity contribution in [1.29, 1.82) is 0 Å². The van der Waals surface area contributed by atoms with Gasteiger partial charge in [0, 0.05) is 29.4 Å². The first kappa shape index (κ1) is 20.3. The summed E-state index contributed by atoms with van der Waals surface area (Å²) in [6, 6.07) is 6.69. The largest absolute Gasteiger partial charge is 0.382 e. The van der Waals surface area contributed by atoms with Crippen molar-refractivity contribution in [2.75, 3.05) is 22.9 Å². The highest BCUT2D eigenvalue weighted by atomic mass is 32.1. The number of nitrogens with zero attached hydrogens (tertiary/aromatic N) is 4. The molecule has 0 spiro atoms. The van der Waals surface area contributed by atoms with Crippen LogP contribution in [0.3, 0.4) is 0 Å². The number of carbonyl (C=O) groups excluding carboxylic acids is 2. The van der Waals surface area contributed by atoms with Gasteiger partial charge in [-0.3, -0.25) is 10.1 Å². The fourth-order valence-corrected chi connectivity index (χ4v) is 3.83. The van der Waals surface area contributed by atoms with Gasteiger partial charge in [-0.05, 0) is 31.5 Å². The molecule has 31 heavy (non-hydrogen) atoms. The number of hydrogen-bond donors (Lipinski definition) is 4. The van der Waals surface area contributed by atoms with E-state index in [4.69, 9.17) is 5.73 Å². The molecule has 3 aromatic heterocycles. The molecule has 0 bridgehead atoms. The number of thiazole rings is 1. The summed E-state index contributed by atoms with van der Waals surface area (Å²) in [6.45, 7) is 4.19. The Balaban J connectivity index is 1.63. The van der Waals surface area contributed by atoms with Gasteiger partial charge in [0.25, 0.3) is 5.91 Å². The second-order valence-electron chi connectivity index (χ2n) is 6.67. The number of urea groups is 1. The highest BCUT2D eigenvalue weighted by molar-refractivity contribution is 7.13. The summed E-state index contributed by atoms with van der Waals surface area (Å²) in [7, 11) is 0. The molecule has 0 aliphatic heterocycles. The van der Waals surface area contributed by atoms with E-state index in [1.165, 1.54) is 22.2 Å². The van der Waals surface area contributed by atoms with Crippen LogP contribution in [0.1, 0.15) is 23.0 Å². The van der Waals surface area contributed by atoms with E-state index >= 15 is 0 Å². The molecule has 158 valence electrons. The predicted molar refractivity (Wildman–Crippen MR) is 120 cm³/mol. The maximum Gasteiger partial charge on any atom is 0.325 e. The molecule has 1 aromatic carbocycles. The Bertz CT molecular complexity index is 1260. The smallest absolute Gasteiger partial charge is 0.325 e. The molecule has 10 nitrogen and oxygen atoms in total. The third kappa shape index (κ3) is 4.16. The van der Waals surface area contributed by atoms with Gasteiger partial charge in [0.05, 0.1) is 11.3 Å². The summed E-state index contributed by atoms with van der Waals surface area (Å²) in [5, 5.41) is 14.8. The lowest BCUT2D eigenvalue weighted by molar-refractivity contribution is 0.0956. The summed E-state index contributed by atoms with van der Waals surface area (Å²) in [5.74, 6) is 0.0311. The molecule has 11 heteroatoms. The number of nitrogens with one attached hydrogen (secondary N) is 3. The quantitative estimate of drug-likeness (QED) is 0.379. The Kier molecular flexibility index (Phi) is 5.50. The van der Waals surface area contributed by atoms with Crippen LogP contribution in [0.2, 0.25) is 0 Å². The monoisotopic (exact) mass is 436 g/mol. The van der Waals surface area contributed by atoms with Gasteiger partial charge in [-0.15, -0.1) is 11.3 Å². The van der Waals surface area contributed by atoms with Crippen LogP contribution in [0.25, 0.3) is 16.6 Å². The lowest BCUT2D eigenvalue weighted by Gasteiger charge is -2.09. The molecule has 3 amide bonds. The number of nitrogens with two attached hydrogens (primary N) is 1. The first-order valence-corrected chi connectivity index (χ1v) is 10.3. The first-order valence-electron chi connectivity index (χ1n) is 9.47. The van der Waals surface area contributed by atoms with Gasteiger partial charge in [-0.2, -0.15) is 5.10 Å². The number of aromatic nitrogens is 4. The molecule has 0 fully saturated rings. The average molecular weight is 437 g/mol. The van der Waals surface area contributed by atoms with Crippen LogP contribution in [0.15, 0.2) is 42.2 Å². The van der Waals surface area contributed by atoms with Crippen molar-refractivity contribution in [2.24, 2.45) is 0 Å². The Labute approximate surface area is 181 Å². The van der Waals surface area contributed by atoms with E-state index in [0.717, 1.165) is 11.3 Å². The van der Waals surface area contributed by atoms with E-state index in [9.17, 15) is 9.59 Å². The van der Waals surface area contributed by atoms with Gasteiger partial charge >= 0.3 is 6.03 Å². The number of anilines is 3. The molecule has 0 aliphatic rings. The lowest BCUT2D eigenvalue weighted by atomic mass is 10.0. The molecule has 0 saturated carbocycles. The van der Waals surface area contributed by atoms with Crippen LogP contribution >= 0.6 is 11.3 Å². The van der Waals surface area contributed by atoms with Gasteiger partial charge in [0.2, 0.25) is 0 Å². The van der Waals surface area contributed by atoms with Crippen LogP contribution < -0.4 is 21.7 Å². The SMILES string of the molecule is CCNC(=O)c1cn2ncnc(N)c2c1-c1ccc(NC(=O)Nc2nc(C)cs2)cc1. The summed E-state index contributed by atoms with van der Waals surface area (Å²) >= 11 is 1.35. The van der Waals surface area contributed by atoms with Crippen LogP contribution in [-0.2, 0) is 0 Å². The van der Waals surface area contributed by atoms with Crippen molar-refractivity contribution in [3.05, 3.63) is 53.4 Å². The number of nitrogen functional groups attached to an aromatic ring is 1. The zero-order valence-corrected chi connectivity index (χ0v) is 17.7. The zero-order chi connectivity index (χ0) is 22.0. The van der Waals surface area contributed by atoms with Gasteiger partial charge in [0.1, 0.15) is 11.8 Å². The summed E-state index contributed by atoms with van der Waals surface area (Å²) in [5.41, 5.74) is 9.85. The van der Waals surface area contributed by atoms with Crippen molar-refractivity contribution in [1.82, 2.24) is 24.9 Å². The molecule has 0 unspecified atom stereocenters. The average Bonchev–Trinajstić information content (AvgIpc) is 3.33. The first-order chi connectivity index (χ1) is 15.0. The van der Waals surface area contributed by atoms with Gasteiger partial charge < -0.3 is 16.4 Å². The predicted octanol–water partition coefficient (Wildman–Crippen LogP) is 3.14. The van der Waals surface area contributed by atoms with E-state index in [1.807, 2.05) is 19.2 Å². The fourth-order valence-electron chi connectivity index (χ4n) is 3.15. The number of aryl methyl sites for hydroxylation is 1. The highest BCUT2D eigenvalue weighted by Crippen LogP contribution is 2.33. The molecule has 3 heterocycles. The number of benzene rings is 1. The van der Waals surface area contributed by atoms with Crippen LogP contribution in [0.5, 0.6) is 0 Å². The van der Waals surface area contributed by atoms with Gasteiger partial charge in [0.15, 0.2) is 10.9 Å². The van der Waals surface area contributed by atoms with Gasteiger partial charge in [-0.25, -0.2) is 19.3 Å². The van der Waals surface area contributed by atoms with Crippen molar-refractivity contribution < 1.29 is 9.59 Å². The van der Waals surface area contributed by atoms with E-state index in [2.05, 4.69) is 31.0 Å². The summed E-state index contributed by atoms with van der Waals surface area (Å²) in [4.78, 5) is 33.1. The maximum absolute atomic E-state index is 12.6.